The zero-order chi connectivity index (χ0) is 10.8. The standard InChI is InChI=1S/C16H15/c1-3-7-13(8-4-1)11-15-12-16(15)14-9-5-2-6-10-14/h1-11,15-16H,12H2. The van der Waals surface area contributed by atoms with Gasteiger partial charge in [-0.05, 0) is 35.8 Å². The van der Waals surface area contributed by atoms with E-state index >= 15 is 0 Å². The second kappa shape index (κ2) is 4.13. The Morgan fingerprint density at radius 2 is 1.44 bits per heavy atom. The van der Waals surface area contributed by atoms with Gasteiger partial charge in [-0.1, -0.05) is 60.7 Å². The molecule has 0 nitrogen and oxygen atoms in total. The van der Waals surface area contributed by atoms with Crippen molar-refractivity contribution in [3.63, 3.8) is 0 Å². The van der Waals surface area contributed by atoms with Crippen LogP contribution in [-0.4, -0.2) is 0 Å². The topological polar surface area (TPSA) is 0 Å². The van der Waals surface area contributed by atoms with Gasteiger partial charge < -0.3 is 0 Å². The van der Waals surface area contributed by atoms with Crippen LogP contribution in [0.25, 0.3) is 0 Å². The summed E-state index contributed by atoms with van der Waals surface area (Å²) >= 11 is 0. The third-order valence-corrected chi connectivity index (χ3v) is 3.27. The molecule has 1 fully saturated rings. The Bertz CT molecular complexity index is 444. The van der Waals surface area contributed by atoms with Crippen LogP contribution in [0.4, 0.5) is 0 Å². The van der Waals surface area contributed by atoms with Gasteiger partial charge in [0.25, 0.3) is 0 Å². The van der Waals surface area contributed by atoms with E-state index in [0.29, 0.717) is 0 Å². The van der Waals surface area contributed by atoms with Crippen LogP contribution in [0.1, 0.15) is 23.5 Å². The van der Waals surface area contributed by atoms with E-state index in [1.54, 1.807) is 0 Å². The fraction of sp³-hybridized carbons (Fsp3) is 0.188. The van der Waals surface area contributed by atoms with Crippen molar-refractivity contribution in [1.82, 2.24) is 0 Å². The monoisotopic (exact) mass is 207 g/mol. The Morgan fingerprint density at radius 3 is 2.12 bits per heavy atom. The first-order valence-electron chi connectivity index (χ1n) is 5.88. The quantitative estimate of drug-likeness (QED) is 0.712. The molecule has 0 heteroatoms. The molecular formula is C16H15. The van der Waals surface area contributed by atoms with Gasteiger partial charge in [-0.25, -0.2) is 0 Å². The van der Waals surface area contributed by atoms with Crippen molar-refractivity contribution in [3.05, 3.63) is 78.2 Å². The lowest BCUT2D eigenvalue weighted by atomic mass is 10.0. The van der Waals surface area contributed by atoms with E-state index in [9.17, 15) is 0 Å². The van der Waals surface area contributed by atoms with Crippen LogP contribution >= 0.6 is 0 Å². The van der Waals surface area contributed by atoms with E-state index in [-0.39, 0.29) is 0 Å². The molecule has 3 rings (SSSR count). The maximum Gasteiger partial charge on any atom is -0.00558 e. The highest BCUT2D eigenvalue weighted by Crippen LogP contribution is 2.50. The van der Waals surface area contributed by atoms with E-state index in [2.05, 4.69) is 67.1 Å². The van der Waals surface area contributed by atoms with Gasteiger partial charge in [-0.2, -0.15) is 0 Å². The van der Waals surface area contributed by atoms with Gasteiger partial charge in [0.05, 0.1) is 0 Å². The first-order valence-corrected chi connectivity index (χ1v) is 5.88. The van der Waals surface area contributed by atoms with Crippen molar-refractivity contribution >= 4 is 0 Å². The van der Waals surface area contributed by atoms with E-state index < -0.39 is 0 Å². The average Bonchev–Trinajstić information content (AvgIpc) is 3.11. The summed E-state index contributed by atoms with van der Waals surface area (Å²) in [5.41, 5.74) is 2.84. The van der Waals surface area contributed by atoms with Gasteiger partial charge in [0.1, 0.15) is 0 Å². The Labute approximate surface area is 96.9 Å². The first kappa shape index (κ1) is 9.65. The lowest BCUT2D eigenvalue weighted by Crippen LogP contribution is -1.86. The van der Waals surface area contributed by atoms with E-state index in [1.165, 1.54) is 17.5 Å². The molecule has 1 aliphatic rings. The Morgan fingerprint density at radius 1 is 0.812 bits per heavy atom. The molecule has 2 aromatic rings. The zero-order valence-corrected chi connectivity index (χ0v) is 9.21. The summed E-state index contributed by atoms with van der Waals surface area (Å²) in [5, 5.41) is 0. The average molecular weight is 207 g/mol. The Balaban J connectivity index is 1.65. The molecular weight excluding hydrogens is 192 g/mol. The molecule has 79 valence electrons. The smallest absolute Gasteiger partial charge is 0.00558 e. The number of benzene rings is 2. The lowest BCUT2D eigenvalue weighted by molar-refractivity contribution is 0.951. The maximum atomic E-state index is 2.40. The predicted molar refractivity (Wildman–Crippen MR) is 67.1 cm³/mol. The molecule has 0 aromatic heterocycles. The van der Waals surface area contributed by atoms with Crippen LogP contribution in [0, 0.1) is 12.3 Å². The van der Waals surface area contributed by atoms with Crippen LogP contribution in [0.15, 0.2) is 60.7 Å². The molecule has 0 N–H and O–H groups in total. The number of hydrogen-bond donors (Lipinski definition) is 0. The molecule has 1 saturated carbocycles. The molecule has 2 atom stereocenters. The molecule has 1 radical (unpaired) electrons. The predicted octanol–water partition coefficient (Wildman–Crippen LogP) is 4.04. The van der Waals surface area contributed by atoms with Gasteiger partial charge in [-0.3, -0.25) is 0 Å². The second-order valence-electron chi connectivity index (χ2n) is 4.49. The van der Waals surface area contributed by atoms with E-state index in [4.69, 9.17) is 0 Å². The van der Waals surface area contributed by atoms with Gasteiger partial charge in [0.2, 0.25) is 0 Å². The summed E-state index contributed by atoms with van der Waals surface area (Å²) in [5.74, 6) is 1.49. The minimum Gasteiger partial charge on any atom is -0.0622 e. The van der Waals surface area contributed by atoms with Crippen molar-refractivity contribution in [2.45, 2.75) is 12.3 Å². The molecule has 0 spiro atoms. The van der Waals surface area contributed by atoms with Gasteiger partial charge in [0, 0.05) is 0 Å². The molecule has 0 aliphatic heterocycles. The zero-order valence-electron chi connectivity index (χ0n) is 9.21. The SMILES string of the molecule is [CH](c1ccccc1)C1CC1c1ccccc1. The third kappa shape index (κ3) is 2.01. The van der Waals surface area contributed by atoms with Gasteiger partial charge >= 0.3 is 0 Å². The summed E-state index contributed by atoms with van der Waals surface area (Å²) in [7, 11) is 0. The summed E-state index contributed by atoms with van der Waals surface area (Å²) in [6.45, 7) is 0. The van der Waals surface area contributed by atoms with Crippen molar-refractivity contribution < 1.29 is 0 Å². The molecule has 2 unspecified atom stereocenters. The molecule has 1 aliphatic carbocycles. The van der Waals surface area contributed by atoms with Crippen LogP contribution < -0.4 is 0 Å². The van der Waals surface area contributed by atoms with E-state index in [1.807, 2.05) is 0 Å². The maximum absolute atomic E-state index is 2.40. The van der Waals surface area contributed by atoms with Crippen LogP contribution in [-0.2, 0) is 0 Å². The van der Waals surface area contributed by atoms with Crippen LogP contribution in [0.3, 0.4) is 0 Å². The van der Waals surface area contributed by atoms with Crippen molar-refractivity contribution in [3.8, 4) is 0 Å². The van der Waals surface area contributed by atoms with Crippen molar-refractivity contribution in [2.24, 2.45) is 5.92 Å². The van der Waals surface area contributed by atoms with Crippen molar-refractivity contribution in [2.75, 3.05) is 0 Å². The van der Waals surface area contributed by atoms with E-state index in [0.717, 1.165) is 11.8 Å². The number of hydrogen-bond acceptors (Lipinski definition) is 0. The summed E-state index contributed by atoms with van der Waals surface area (Å²) in [6, 6.07) is 21.5. The highest BCUT2D eigenvalue weighted by Gasteiger charge is 2.37. The Kier molecular flexibility index (Phi) is 2.49. The lowest BCUT2D eigenvalue weighted by Gasteiger charge is -2.00. The van der Waals surface area contributed by atoms with Crippen molar-refractivity contribution in [1.29, 1.82) is 0 Å². The molecule has 0 bridgehead atoms. The summed E-state index contributed by atoms with van der Waals surface area (Å²) in [4.78, 5) is 0. The fourth-order valence-corrected chi connectivity index (χ4v) is 2.29. The Hall–Kier alpha value is -1.56. The molecule has 2 aromatic carbocycles. The molecule has 0 heterocycles. The number of rotatable bonds is 3. The summed E-state index contributed by atoms with van der Waals surface area (Å²) < 4.78 is 0. The molecule has 0 amide bonds. The third-order valence-electron chi connectivity index (χ3n) is 3.27. The first-order chi connectivity index (χ1) is 7.93. The second-order valence-corrected chi connectivity index (χ2v) is 4.49. The highest BCUT2D eigenvalue weighted by atomic mass is 14.4. The van der Waals surface area contributed by atoms with Crippen LogP contribution in [0.5, 0.6) is 0 Å². The normalized spacial score (nSPS) is 23.0. The fourth-order valence-electron chi connectivity index (χ4n) is 2.29. The van der Waals surface area contributed by atoms with Gasteiger partial charge in [0.15, 0.2) is 0 Å². The molecule has 16 heavy (non-hydrogen) atoms. The minimum absolute atomic E-state index is 0.741. The highest BCUT2D eigenvalue weighted by molar-refractivity contribution is 5.33. The van der Waals surface area contributed by atoms with Gasteiger partial charge in [-0.15, -0.1) is 0 Å². The van der Waals surface area contributed by atoms with Crippen LogP contribution in [0.2, 0.25) is 0 Å². The minimum atomic E-state index is 0.741. The summed E-state index contributed by atoms with van der Waals surface area (Å²) in [6.07, 6.45) is 3.70. The molecule has 0 saturated heterocycles. The largest absolute Gasteiger partial charge is 0.0622 e.